The number of likely N-dealkylation sites (tertiary alicyclic amines) is 1. The van der Waals surface area contributed by atoms with Crippen LogP contribution in [0.4, 0.5) is 10.2 Å². The van der Waals surface area contributed by atoms with E-state index in [1.165, 1.54) is 18.3 Å². The van der Waals surface area contributed by atoms with Gasteiger partial charge in [0.25, 0.3) is 0 Å². The van der Waals surface area contributed by atoms with Gasteiger partial charge in [-0.25, -0.2) is 22.8 Å². The van der Waals surface area contributed by atoms with Crippen molar-refractivity contribution in [1.82, 2.24) is 14.9 Å². The van der Waals surface area contributed by atoms with E-state index in [4.69, 9.17) is 11.6 Å². The van der Waals surface area contributed by atoms with Crippen molar-refractivity contribution in [3.05, 3.63) is 47.1 Å². The lowest BCUT2D eigenvalue weighted by atomic mass is 9.88. The van der Waals surface area contributed by atoms with E-state index in [1.807, 2.05) is 4.90 Å². The first-order valence-electron chi connectivity index (χ1n) is 10.7. The fraction of sp³-hybridized carbons (Fsp3) is 0.500. The van der Waals surface area contributed by atoms with Crippen LogP contribution in [-0.4, -0.2) is 61.1 Å². The molecule has 172 valence electrons. The fourth-order valence-corrected chi connectivity index (χ4v) is 5.32. The first-order valence-corrected chi connectivity index (χ1v) is 13.0. The van der Waals surface area contributed by atoms with Crippen LogP contribution >= 0.6 is 11.6 Å². The third kappa shape index (κ3) is 5.04. The first-order chi connectivity index (χ1) is 15.2. The minimum Gasteiger partial charge on any atom is -0.355 e. The molecule has 2 aliphatic heterocycles. The number of halogens is 2. The molecule has 7 nitrogen and oxygen atoms in total. The molecular formula is C22H26ClFN4O3S. The van der Waals surface area contributed by atoms with Crippen molar-refractivity contribution in [2.45, 2.75) is 43.0 Å². The highest BCUT2D eigenvalue weighted by Crippen LogP contribution is 2.29. The molecule has 1 atom stereocenters. The molecule has 1 amide bonds. The average molecular weight is 481 g/mol. The molecule has 0 spiro atoms. The van der Waals surface area contributed by atoms with Gasteiger partial charge in [-0.05, 0) is 49.8 Å². The van der Waals surface area contributed by atoms with Crippen LogP contribution in [-0.2, 0) is 21.1 Å². The summed E-state index contributed by atoms with van der Waals surface area (Å²) in [5, 5.41) is 0.357. The molecule has 1 aromatic heterocycles. The summed E-state index contributed by atoms with van der Waals surface area (Å²) in [6.45, 7) is 2.27. The zero-order chi connectivity index (χ0) is 22.9. The Hall–Kier alpha value is -2.26. The number of piperidine rings is 2. The summed E-state index contributed by atoms with van der Waals surface area (Å²) in [7, 11) is -3.47. The Morgan fingerprint density at radius 1 is 1.12 bits per heavy atom. The monoisotopic (exact) mass is 480 g/mol. The second kappa shape index (κ2) is 9.31. The lowest BCUT2D eigenvalue weighted by Crippen LogP contribution is -2.52. The molecule has 1 aromatic carbocycles. The summed E-state index contributed by atoms with van der Waals surface area (Å²) in [4.78, 5) is 25.7. The SMILES string of the molecule is CS(=O)(=O)c1ccc(C[C@H]2CCCN(C3CCN(c4cnc(Cl)cn4)CC3)C2=O)c(F)c1. The van der Waals surface area contributed by atoms with Crippen molar-refractivity contribution in [3.8, 4) is 0 Å². The van der Waals surface area contributed by atoms with Gasteiger partial charge in [-0.3, -0.25) is 4.79 Å². The van der Waals surface area contributed by atoms with Crippen LogP contribution in [0.1, 0.15) is 31.2 Å². The molecule has 0 saturated carbocycles. The van der Waals surface area contributed by atoms with Gasteiger partial charge in [0, 0.05) is 37.8 Å². The van der Waals surface area contributed by atoms with E-state index < -0.39 is 15.7 Å². The molecule has 0 aliphatic carbocycles. The number of amides is 1. The number of nitrogens with zero attached hydrogens (tertiary/aromatic N) is 4. The first kappa shape index (κ1) is 22.9. The Kier molecular flexibility index (Phi) is 6.67. The van der Waals surface area contributed by atoms with Crippen molar-refractivity contribution in [3.63, 3.8) is 0 Å². The van der Waals surface area contributed by atoms with Crippen molar-refractivity contribution in [2.24, 2.45) is 5.92 Å². The molecule has 32 heavy (non-hydrogen) atoms. The van der Waals surface area contributed by atoms with E-state index in [0.29, 0.717) is 17.1 Å². The van der Waals surface area contributed by atoms with E-state index in [-0.39, 0.29) is 29.2 Å². The Labute approximate surface area is 192 Å². The maximum atomic E-state index is 14.5. The van der Waals surface area contributed by atoms with Crippen LogP contribution in [0.3, 0.4) is 0 Å². The van der Waals surface area contributed by atoms with Gasteiger partial charge in [0.1, 0.15) is 16.8 Å². The van der Waals surface area contributed by atoms with Crippen LogP contribution in [0.2, 0.25) is 5.15 Å². The van der Waals surface area contributed by atoms with Crippen LogP contribution in [0.15, 0.2) is 35.5 Å². The molecule has 10 heteroatoms. The van der Waals surface area contributed by atoms with Crippen LogP contribution < -0.4 is 4.90 Å². The zero-order valence-corrected chi connectivity index (χ0v) is 19.4. The van der Waals surface area contributed by atoms with E-state index in [9.17, 15) is 17.6 Å². The fourth-order valence-electron chi connectivity index (χ4n) is 4.59. The predicted octanol–water partition coefficient (Wildman–Crippen LogP) is 3.12. The molecule has 3 heterocycles. The van der Waals surface area contributed by atoms with E-state index in [1.54, 1.807) is 6.20 Å². The molecule has 2 fully saturated rings. The van der Waals surface area contributed by atoms with Crippen LogP contribution in [0.25, 0.3) is 0 Å². The quantitative estimate of drug-likeness (QED) is 0.653. The standard InChI is InChI=1S/C22H26ClFN4O3S/c1-32(30,31)18-5-4-15(19(24)12-18)11-16-3-2-8-28(22(16)29)17-6-9-27(10-7-17)21-14-25-20(23)13-26-21/h4-5,12-14,16-17H,2-3,6-11H2,1H3/t16-/m1/s1. The Morgan fingerprint density at radius 2 is 1.88 bits per heavy atom. The molecular weight excluding hydrogens is 455 g/mol. The van der Waals surface area contributed by atoms with Crippen molar-refractivity contribution < 1.29 is 17.6 Å². The maximum Gasteiger partial charge on any atom is 0.226 e. The summed E-state index contributed by atoms with van der Waals surface area (Å²) >= 11 is 5.81. The number of aromatic nitrogens is 2. The number of hydrogen-bond donors (Lipinski definition) is 0. The molecule has 0 radical (unpaired) electrons. The number of benzene rings is 1. The maximum absolute atomic E-state index is 14.5. The molecule has 2 aromatic rings. The van der Waals surface area contributed by atoms with Gasteiger partial charge in [0.2, 0.25) is 5.91 Å². The topological polar surface area (TPSA) is 83.5 Å². The Morgan fingerprint density at radius 3 is 2.50 bits per heavy atom. The molecule has 0 N–H and O–H groups in total. The highest BCUT2D eigenvalue weighted by molar-refractivity contribution is 7.90. The van der Waals surface area contributed by atoms with Crippen molar-refractivity contribution >= 4 is 33.2 Å². The minimum absolute atomic E-state index is 0.0486. The lowest BCUT2D eigenvalue weighted by Gasteiger charge is -2.42. The van der Waals surface area contributed by atoms with Gasteiger partial charge >= 0.3 is 0 Å². The number of hydrogen-bond acceptors (Lipinski definition) is 6. The van der Waals surface area contributed by atoms with Gasteiger partial charge in [0.15, 0.2) is 9.84 Å². The van der Waals surface area contributed by atoms with Gasteiger partial charge in [-0.15, -0.1) is 0 Å². The van der Waals surface area contributed by atoms with Gasteiger partial charge < -0.3 is 9.80 Å². The highest BCUT2D eigenvalue weighted by atomic mass is 35.5. The smallest absolute Gasteiger partial charge is 0.226 e. The summed E-state index contributed by atoms with van der Waals surface area (Å²) in [6.07, 6.45) is 7.78. The Bertz CT molecular complexity index is 1090. The average Bonchev–Trinajstić information content (AvgIpc) is 2.76. The third-order valence-electron chi connectivity index (χ3n) is 6.34. The van der Waals surface area contributed by atoms with E-state index in [2.05, 4.69) is 14.9 Å². The second-order valence-electron chi connectivity index (χ2n) is 8.52. The van der Waals surface area contributed by atoms with Gasteiger partial charge in [-0.1, -0.05) is 17.7 Å². The van der Waals surface area contributed by atoms with Crippen molar-refractivity contribution in [2.75, 3.05) is 30.8 Å². The summed E-state index contributed by atoms with van der Waals surface area (Å²) in [5.74, 6) is -0.0194. The van der Waals surface area contributed by atoms with Gasteiger partial charge in [-0.2, -0.15) is 0 Å². The normalized spacial score (nSPS) is 20.6. The molecule has 2 aliphatic rings. The number of carbonyl (C=O) groups excluding carboxylic acids is 1. The number of carbonyl (C=O) groups is 1. The number of anilines is 1. The molecule has 2 saturated heterocycles. The van der Waals surface area contributed by atoms with Crippen molar-refractivity contribution in [1.29, 1.82) is 0 Å². The predicted molar refractivity (Wildman–Crippen MR) is 120 cm³/mol. The number of sulfone groups is 1. The molecule has 0 bridgehead atoms. The minimum atomic E-state index is -3.47. The third-order valence-corrected chi connectivity index (χ3v) is 7.64. The molecule has 0 unspecified atom stereocenters. The second-order valence-corrected chi connectivity index (χ2v) is 10.9. The van der Waals surface area contributed by atoms with Gasteiger partial charge in [0.05, 0.1) is 17.3 Å². The molecule has 4 rings (SSSR count). The van der Waals surface area contributed by atoms with Crippen LogP contribution in [0, 0.1) is 11.7 Å². The zero-order valence-electron chi connectivity index (χ0n) is 17.9. The van der Waals surface area contributed by atoms with E-state index in [0.717, 1.165) is 57.0 Å². The largest absolute Gasteiger partial charge is 0.355 e. The Balaban J connectivity index is 1.39. The lowest BCUT2D eigenvalue weighted by molar-refractivity contribution is -0.141. The number of rotatable bonds is 5. The highest BCUT2D eigenvalue weighted by Gasteiger charge is 2.35. The van der Waals surface area contributed by atoms with E-state index >= 15 is 0 Å². The summed E-state index contributed by atoms with van der Waals surface area (Å²) in [6, 6.07) is 4.10. The summed E-state index contributed by atoms with van der Waals surface area (Å²) in [5.41, 5.74) is 0.383. The summed E-state index contributed by atoms with van der Waals surface area (Å²) < 4.78 is 37.8. The van der Waals surface area contributed by atoms with Crippen LogP contribution in [0.5, 0.6) is 0 Å².